The molecule has 3 rings (SSSR count). The van der Waals surface area contributed by atoms with Crippen molar-refractivity contribution in [3.05, 3.63) is 78.0 Å². The molecule has 0 aliphatic carbocycles. The predicted molar refractivity (Wildman–Crippen MR) is 80.0 cm³/mol. The second-order valence-corrected chi connectivity index (χ2v) is 4.54. The second kappa shape index (κ2) is 5.54. The van der Waals surface area contributed by atoms with Crippen molar-refractivity contribution in [1.82, 2.24) is 10.3 Å². The van der Waals surface area contributed by atoms with Crippen LogP contribution in [0.3, 0.4) is 0 Å². The molecule has 1 N–H and O–H groups in total. The quantitative estimate of drug-likeness (QED) is 0.732. The van der Waals surface area contributed by atoms with E-state index in [1.165, 1.54) is 0 Å². The Bertz CT molecular complexity index is 813. The van der Waals surface area contributed by atoms with E-state index in [-0.39, 0.29) is 5.69 Å². The van der Waals surface area contributed by atoms with Crippen LogP contribution in [0.2, 0.25) is 0 Å². The largest absolute Gasteiger partial charge is 0.287 e. The molecule has 0 aliphatic heterocycles. The molecule has 0 bridgehead atoms. The van der Waals surface area contributed by atoms with Crippen molar-refractivity contribution in [3.8, 4) is 0 Å². The maximum Gasteiger partial charge on any atom is 0.276 e. The molecule has 2 amide bonds. The number of pyridine rings is 1. The lowest BCUT2D eigenvalue weighted by molar-refractivity contribution is 0.0846. The zero-order valence-corrected chi connectivity index (χ0v) is 11.1. The summed E-state index contributed by atoms with van der Waals surface area (Å²) in [7, 11) is 0. The number of amides is 2. The van der Waals surface area contributed by atoms with Crippen LogP contribution in [-0.4, -0.2) is 16.8 Å². The number of nitrogens with zero attached hydrogens (tertiary/aromatic N) is 1. The van der Waals surface area contributed by atoms with Crippen molar-refractivity contribution >= 4 is 22.7 Å². The van der Waals surface area contributed by atoms with Crippen molar-refractivity contribution in [2.24, 2.45) is 0 Å². The van der Waals surface area contributed by atoms with E-state index in [0.29, 0.717) is 5.56 Å². The number of imide groups is 1. The van der Waals surface area contributed by atoms with E-state index in [2.05, 4.69) is 10.3 Å². The van der Waals surface area contributed by atoms with Gasteiger partial charge < -0.3 is 0 Å². The van der Waals surface area contributed by atoms with Gasteiger partial charge in [-0.2, -0.15) is 0 Å². The Labute approximate surface area is 121 Å². The van der Waals surface area contributed by atoms with E-state index in [0.717, 1.165) is 10.9 Å². The highest BCUT2D eigenvalue weighted by Gasteiger charge is 2.13. The minimum atomic E-state index is -0.505. The standard InChI is InChI=1S/C17H12N2O2/c20-16(13-7-2-1-3-8-13)19-17(21)15-11-10-12-6-4-5-9-14(12)18-15/h1-11H,(H,19,20,21). The molecule has 0 aliphatic rings. The number of carbonyl (C=O) groups is 2. The molecule has 102 valence electrons. The summed E-state index contributed by atoms with van der Waals surface area (Å²) in [5.41, 5.74) is 1.38. The molecule has 21 heavy (non-hydrogen) atoms. The van der Waals surface area contributed by atoms with Gasteiger partial charge in [0.25, 0.3) is 11.8 Å². The third kappa shape index (κ3) is 2.79. The minimum absolute atomic E-state index is 0.220. The van der Waals surface area contributed by atoms with Gasteiger partial charge in [-0.1, -0.05) is 42.5 Å². The van der Waals surface area contributed by atoms with E-state index < -0.39 is 11.8 Å². The van der Waals surface area contributed by atoms with Crippen LogP contribution in [0.1, 0.15) is 20.8 Å². The van der Waals surface area contributed by atoms with Crippen LogP contribution in [-0.2, 0) is 0 Å². The number of aromatic nitrogens is 1. The topological polar surface area (TPSA) is 59.1 Å². The van der Waals surface area contributed by atoms with Gasteiger partial charge in [-0.3, -0.25) is 14.9 Å². The molecule has 0 spiro atoms. The lowest BCUT2D eigenvalue weighted by atomic mass is 10.2. The number of benzene rings is 2. The van der Waals surface area contributed by atoms with Crippen molar-refractivity contribution in [2.75, 3.05) is 0 Å². The third-order valence-electron chi connectivity index (χ3n) is 3.09. The molecule has 2 aromatic carbocycles. The van der Waals surface area contributed by atoms with Crippen molar-refractivity contribution in [2.45, 2.75) is 0 Å². The maximum atomic E-state index is 12.1. The van der Waals surface area contributed by atoms with Gasteiger partial charge in [0.1, 0.15) is 5.69 Å². The van der Waals surface area contributed by atoms with Crippen LogP contribution in [0.4, 0.5) is 0 Å². The first-order valence-corrected chi connectivity index (χ1v) is 6.50. The summed E-state index contributed by atoms with van der Waals surface area (Å²) in [6, 6.07) is 19.5. The first-order valence-electron chi connectivity index (χ1n) is 6.50. The smallest absolute Gasteiger partial charge is 0.276 e. The first-order chi connectivity index (χ1) is 10.2. The van der Waals surface area contributed by atoms with Gasteiger partial charge in [0, 0.05) is 10.9 Å². The molecule has 0 radical (unpaired) electrons. The van der Waals surface area contributed by atoms with E-state index in [1.807, 2.05) is 36.4 Å². The summed E-state index contributed by atoms with van der Waals surface area (Å²) in [5, 5.41) is 3.28. The van der Waals surface area contributed by atoms with E-state index >= 15 is 0 Å². The highest BCUT2D eigenvalue weighted by Crippen LogP contribution is 2.11. The summed E-state index contributed by atoms with van der Waals surface area (Å²) >= 11 is 0. The van der Waals surface area contributed by atoms with Gasteiger partial charge in [0.2, 0.25) is 0 Å². The summed E-state index contributed by atoms with van der Waals surface area (Å²) in [4.78, 5) is 28.3. The van der Waals surface area contributed by atoms with Gasteiger partial charge in [-0.25, -0.2) is 4.98 Å². The summed E-state index contributed by atoms with van der Waals surface area (Å²) in [6.07, 6.45) is 0. The maximum absolute atomic E-state index is 12.1. The third-order valence-corrected chi connectivity index (χ3v) is 3.09. The molecule has 0 saturated carbocycles. The average Bonchev–Trinajstić information content (AvgIpc) is 2.55. The summed E-state index contributed by atoms with van der Waals surface area (Å²) < 4.78 is 0. The minimum Gasteiger partial charge on any atom is -0.287 e. The Balaban J connectivity index is 1.82. The molecule has 0 unspecified atom stereocenters. The number of carbonyl (C=O) groups excluding carboxylic acids is 2. The Morgan fingerprint density at radius 1 is 0.762 bits per heavy atom. The average molecular weight is 276 g/mol. The first kappa shape index (κ1) is 13.0. The molecule has 4 nitrogen and oxygen atoms in total. The lowest BCUT2D eigenvalue weighted by Gasteiger charge is -2.04. The van der Waals surface area contributed by atoms with Crippen LogP contribution in [0, 0.1) is 0 Å². The zero-order valence-electron chi connectivity index (χ0n) is 11.1. The Morgan fingerprint density at radius 2 is 1.48 bits per heavy atom. The van der Waals surface area contributed by atoms with Gasteiger partial charge >= 0.3 is 0 Å². The van der Waals surface area contributed by atoms with E-state index in [1.54, 1.807) is 30.3 Å². The number of hydrogen-bond donors (Lipinski definition) is 1. The Hall–Kier alpha value is -3.01. The van der Waals surface area contributed by atoms with E-state index in [9.17, 15) is 9.59 Å². The van der Waals surface area contributed by atoms with Gasteiger partial charge in [0.05, 0.1) is 5.52 Å². The number of fused-ring (bicyclic) bond motifs is 1. The van der Waals surface area contributed by atoms with E-state index in [4.69, 9.17) is 0 Å². The van der Waals surface area contributed by atoms with Crippen LogP contribution in [0.25, 0.3) is 10.9 Å². The molecular formula is C17H12N2O2. The second-order valence-electron chi connectivity index (χ2n) is 4.54. The Morgan fingerprint density at radius 3 is 2.29 bits per heavy atom. The number of nitrogens with one attached hydrogen (secondary N) is 1. The Kier molecular flexibility index (Phi) is 3.43. The van der Waals surface area contributed by atoms with Crippen LogP contribution in [0.15, 0.2) is 66.7 Å². The number of hydrogen-bond acceptors (Lipinski definition) is 3. The molecule has 0 saturated heterocycles. The lowest BCUT2D eigenvalue weighted by Crippen LogP contribution is -2.31. The van der Waals surface area contributed by atoms with Crippen LogP contribution >= 0.6 is 0 Å². The number of rotatable bonds is 2. The highest BCUT2D eigenvalue weighted by molar-refractivity contribution is 6.10. The zero-order chi connectivity index (χ0) is 14.7. The van der Waals surface area contributed by atoms with Crippen molar-refractivity contribution in [3.63, 3.8) is 0 Å². The molecule has 1 heterocycles. The van der Waals surface area contributed by atoms with Crippen molar-refractivity contribution < 1.29 is 9.59 Å². The van der Waals surface area contributed by atoms with Gasteiger partial charge in [-0.05, 0) is 24.3 Å². The fourth-order valence-electron chi connectivity index (χ4n) is 2.02. The monoisotopic (exact) mass is 276 g/mol. The summed E-state index contributed by atoms with van der Waals surface area (Å²) in [5.74, 6) is -0.940. The molecule has 3 aromatic rings. The highest BCUT2D eigenvalue weighted by atomic mass is 16.2. The fourth-order valence-corrected chi connectivity index (χ4v) is 2.02. The molecule has 4 heteroatoms. The molecular weight excluding hydrogens is 264 g/mol. The van der Waals surface area contributed by atoms with Gasteiger partial charge in [0.15, 0.2) is 0 Å². The molecule has 0 fully saturated rings. The van der Waals surface area contributed by atoms with Crippen molar-refractivity contribution in [1.29, 1.82) is 0 Å². The fraction of sp³-hybridized carbons (Fsp3) is 0. The predicted octanol–water partition coefficient (Wildman–Crippen LogP) is 2.81. The van der Waals surface area contributed by atoms with Gasteiger partial charge in [-0.15, -0.1) is 0 Å². The van der Waals surface area contributed by atoms with Crippen LogP contribution in [0.5, 0.6) is 0 Å². The normalized spacial score (nSPS) is 10.3. The number of para-hydroxylation sites is 1. The molecule has 1 aromatic heterocycles. The van der Waals surface area contributed by atoms with Crippen LogP contribution < -0.4 is 5.32 Å². The summed E-state index contributed by atoms with van der Waals surface area (Å²) in [6.45, 7) is 0. The SMILES string of the molecule is O=C(NC(=O)c1ccc2ccccc2n1)c1ccccc1. The molecule has 0 atom stereocenters.